The Morgan fingerprint density at radius 2 is 2.00 bits per heavy atom. The Hall–Kier alpha value is -2.94. The summed E-state index contributed by atoms with van der Waals surface area (Å²) in [5.41, 5.74) is -2.24. The van der Waals surface area contributed by atoms with Crippen LogP contribution in [0.4, 0.5) is 0 Å². The van der Waals surface area contributed by atoms with Gasteiger partial charge in [-0.2, -0.15) is 10.2 Å². The molecule has 2 saturated carbocycles. The fourth-order valence-corrected chi connectivity index (χ4v) is 7.55. The van der Waals surface area contributed by atoms with E-state index in [0.29, 0.717) is 35.2 Å². The first kappa shape index (κ1) is 23.5. The van der Waals surface area contributed by atoms with Crippen LogP contribution in [0.5, 0.6) is 0 Å². The van der Waals surface area contributed by atoms with Crippen molar-refractivity contribution in [2.45, 2.75) is 51.4 Å². The summed E-state index contributed by atoms with van der Waals surface area (Å²) in [5.74, 6) is -1.09. The molecule has 2 fully saturated rings. The Morgan fingerprint density at radius 3 is 2.75 bits per heavy atom. The molecule has 1 aromatic carbocycles. The Labute approximate surface area is 208 Å². The van der Waals surface area contributed by atoms with Gasteiger partial charge >= 0.3 is 5.97 Å². The first-order chi connectivity index (χ1) is 17.1. The van der Waals surface area contributed by atoms with Gasteiger partial charge in [0.05, 0.1) is 29.3 Å². The number of rotatable bonds is 3. The molecule has 2 bridgehead atoms. The van der Waals surface area contributed by atoms with E-state index in [-0.39, 0.29) is 28.3 Å². The van der Waals surface area contributed by atoms with E-state index >= 15 is 0 Å². The van der Waals surface area contributed by atoms with Gasteiger partial charge in [-0.1, -0.05) is 44.2 Å². The third kappa shape index (κ3) is 2.80. The highest BCUT2D eigenvalue weighted by Crippen LogP contribution is 2.70. The fraction of sp³-hybridized carbons (Fsp3) is 0.500. The number of aromatic nitrogens is 2. The smallest absolute Gasteiger partial charge is 0.341 e. The predicted octanol–water partition coefficient (Wildman–Crippen LogP) is 2.38. The van der Waals surface area contributed by atoms with Crippen LogP contribution in [-0.4, -0.2) is 61.7 Å². The second kappa shape index (κ2) is 7.54. The number of esters is 1. The van der Waals surface area contributed by atoms with Gasteiger partial charge in [-0.05, 0) is 54.2 Å². The van der Waals surface area contributed by atoms with Crippen molar-refractivity contribution in [3.05, 3.63) is 59.3 Å². The van der Waals surface area contributed by atoms with Crippen molar-refractivity contribution in [1.29, 1.82) is 0 Å². The molecule has 36 heavy (non-hydrogen) atoms. The Bertz CT molecular complexity index is 1360. The van der Waals surface area contributed by atoms with E-state index in [2.05, 4.69) is 24.0 Å². The number of ketones is 1. The van der Waals surface area contributed by atoms with Crippen molar-refractivity contribution < 1.29 is 29.6 Å². The molecule has 0 amide bonds. The molecule has 2 aromatic rings. The van der Waals surface area contributed by atoms with Crippen LogP contribution < -0.4 is 0 Å². The van der Waals surface area contributed by atoms with Crippen molar-refractivity contribution in [2.75, 3.05) is 6.61 Å². The lowest BCUT2D eigenvalue weighted by Gasteiger charge is -2.46. The summed E-state index contributed by atoms with van der Waals surface area (Å²) in [5, 5.41) is 42.5. The maximum atomic E-state index is 14.2. The molecule has 8 nitrogen and oxygen atoms in total. The standard InChI is InChI=1S/C28H30N2O6/c1-14-11-27-9-8-19-21(26(19,2)3)17(23(27)33)10-15(13-31)22(32)28(27,35)24(14)36-25(34)18-12-29-30-20-7-5-4-6-16(18)20/h4-7,10-12,17,19,21-22,24,31-32,35H,8-9,13H2,1-3H3. The number of Topliss-reactive ketones (excluding diaryl/α,β-unsaturated/α-hetero) is 1. The molecule has 7 unspecified atom stereocenters. The average Bonchev–Trinajstić information content (AvgIpc) is 3.39. The molecular weight excluding hydrogens is 460 g/mol. The predicted molar refractivity (Wildman–Crippen MR) is 130 cm³/mol. The topological polar surface area (TPSA) is 130 Å². The van der Waals surface area contributed by atoms with Crippen LogP contribution in [0.3, 0.4) is 0 Å². The summed E-state index contributed by atoms with van der Waals surface area (Å²) < 4.78 is 5.92. The number of aliphatic hydroxyl groups is 3. The van der Waals surface area contributed by atoms with Crippen molar-refractivity contribution in [3.8, 4) is 0 Å². The molecule has 7 atom stereocenters. The third-order valence-corrected chi connectivity index (χ3v) is 9.46. The van der Waals surface area contributed by atoms with E-state index in [1.54, 1.807) is 43.3 Å². The minimum atomic E-state index is -2.15. The molecule has 4 aliphatic rings. The number of allylic oxidation sites excluding steroid dienone is 1. The van der Waals surface area contributed by atoms with Gasteiger partial charge in [0.15, 0.2) is 17.5 Å². The van der Waals surface area contributed by atoms with Gasteiger partial charge in [0.2, 0.25) is 0 Å². The van der Waals surface area contributed by atoms with Gasteiger partial charge in [-0.15, -0.1) is 0 Å². The third-order valence-electron chi connectivity index (χ3n) is 9.46. The minimum absolute atomic E-state index is 0.0367. The molecule has 6 rings (SSSR count). The van der Waals surface area contributed by atoms with Gasteiger partial charge in [-0.3, -0.25) is 4.79 Å². The summed E-state index contributed by atoms with van der Waals surface area (Å²) in [7, 11) is 0. The van der Waals surface area contributed by atoms with Crippen LogP contribution in [0.25, 0.3) is 10.9 Å². The Morgan fingerprint density at radius 1 is 1.25 bits per heavy atom. The quantitative estimate of drug-likeness (QED) is 0.442. The van der Waals surface area contributed by atoms with Crippen molar-refractivity contribution in [2.24, 2.45) is 28.6 Å². The van der Waals surface area contributed by atoms with E-state index in [1.807, 2.05) is 0 Å². The summed E-state index contributed by atoms with van der Waals surface area (Å²) >= 11 is 0. The lowest BCUT2D eigenvalue weighted by molar-refractivity contribution is -0.182. The first-order valence-corrected chi connectivity index (χ1v) is 12.4. The second-order valence-corrected chi connectivity index (χ2v) is 11.4. The monoisotopic (exact) mass is 490 g/mol. The van der Waals surface area contributed by atoms with Crippen LogP contribution in [0, 0.1) is 28.6 Å². The maximum Gasteiger partial charge on any atom is 0.341 e. The maximum absolute atomic E-state index is 14.2. The van der Waals surface area contributed by atoms with Gasteiger partial charge in [0.25, 0.3) is 0 Å². The largest absolute Gasteiger partial charge is 0.451 e. The van der Waals surface area contributed by atoms with Crippen molar-refractivity contribution in [1.82, 2.24) is 10.2 Å². The first-order valence-electron chi connectivity index (χ1n) is 12.4. The van der Waals surface area contributed by atoms with E-state index < -0.39 is 41.7 Å². The molecule has 188 valence electrons. The number of hydrogen-bond donors (Lipinski definition) is 3. The number of benzene rings is 1. The highest BCUT2D eigenvalue weighted by atomic mass is 16.6. The molecule has 1 spiro atoms. The average molecular weight is 491 g/mol. The molecule has 1 heterocycles. The fourth-order valence-electron chi connectivity index (χ4n) is 7.55. The van der Waals surface area contributed by atoms with Crippen molar-refractivity contribution in [3.63, 3.8) is 0 Å². The molecule has 0 radical (unpaired) electrons. The van der Waals surface area contributed by atoms with Crippen LogP contribution in [-0.2, 0) is 9.53 Å². The zero-order chi connectivity index (χ0) is 25.6. The number of carbonyl (C=O) groups excluding carboxylic acids is 2. The van der Waals surface area contributed by atoms with Crippen LogP contribution >= 0.6 is 0 Å². The lowest BCUT2D eigenvalue weighted by atomic mass is 9.63. The SMILES string of the molecule is CC1=CC23CCC4C(C(C=C(CO)C(O)C2(O)C1OC(=O)c1cnnc2ccccc12)C3=O)C4(C)C. The Kier molecular flexibility index (Phi) is 4.91. The van der Waals surface area contributed by atoms with Crippen LogP contribution in [0.2, 0.25) is 0 Å². The summed E-state index contributed by atoms with van der Waals surface area (Å²) in [6.07, 6.45) is 2.84. The molecule has 0 saturated heterocycles. The van der Waals surface area contributed by atoms with E-state index in [4.69, 9.17) is 4.74 Å². The number of ether oxygens (including phenoxy) is 1. The highest BCUT2D eigenvalue weighted by molar-refractivity contribution is 6.03. The molecular formula is C28H30N2O6. The summed E-state index contributed by atoms with van der Waals surface area (Å²) in [6.45, 7) is 5.47. The van der Waals surface area contributed by atoms with Gasteiger partial charge in [0.1, 0.15) is 6.10 Å². The molecule has 1 aromatic heterocycles. The number of fused-ring (bicyclic) bond motifs is 4. The summed E-state index contributed by atoms with van der Waals surface area (Å²) in [6, 6.07) is 7.02. The normalized spacial score (nSPS) is 38.3. The van der Waals surface area contributed by atoms with Gasteiger partial charge in [0, 0.05) is 11.3 Å². The molecule has 3 N–H and O–H groups in total. The zero-order valence-electron chi connectivity index (χ0n) is 20.5. The minimum Gasteiger partial charge on any atom is -0.451 e. The number of aliphatic hydroxyl groups excluding tert-OH is 2. The van der Waals surface area contributed by atoms with Gasteiger partial charge < -0.3 is 20.1 Å². The Balaban J connectivity index is 1.45. The van der Waals surface area contributed by atoms with Crippen molar-refractivity contribution >= 4 is 22.7 Å². The van der Waals surface area contributed by atoms with E-state index in [9.17, 15) is 24.9 Å². The zero-order valence-corrected chi connectivity index (χ0v) is 20.5. The summed E-state index contributed by atoms with van der Waals surface area (Å²) in [4.78, 5) is 27.6. The lowest BCUT2D eigenvalue weighted by Crippen LogP contribution is -2.63. The second-order valence-electron chi connectivity index (χ2n) is 11.4. The highest BCUT2D eigenvalue weighted by Gasteiger charge is 2.74. The van der Waals surface area contributed by atoms with Crippen LogP contribution in [0.1, 0.15) is 44.0 Å². The van der Waals surface area contributed by atoms with E-state index in [0.717, 1.165) is 0 Å². The molecule has 4 aliphatic carbocycles. The molecule has 0 aliphatic heterocycles. The van der Waals surface area contributed by atoms with E-state index in [1.165, 1.54) is 6.20 Å². The molecule has 8 heteroatoms. The number of hydrogen-bond acceptors (Lipinski definition) is 8. The van der Waals surface area contributed by atoms with Gasteiger partial charge in [-0.25, -0.2) is 4.79 Å². The number of nitrogens with zero attached hydrogens (tertiary/aromatic N) is 2. The van der Waals surface area contributed by atoms with Crippen LogP contribution in [0.15, 0.2) is 53.8 Å². The number of carbonyl (C=O) groups is 2.